The second kappa shape index (κ2) is 3.01. The SMILES string of the molecule is Cc1c(C=O)ccc(Cl)c1F. The van der Waals surface area contributed by atoms with E-state index in [0.29, 0.717) is 17.4 Å². The highest BCUT2D eigenvalue weighted by atomic mass is 35.5. The molecular weight excluding hydrogens is 167 g/mol. The molecule has 0 aliphatic carbocycles. The summed E-state index contributed by atoms with van der Waals surface area (Å²) in [6, 6.07) is 2.86. The summed E-state index contributed by atoms with van der Waals surface area (Å²) in [6.45, 7) is 1.52. The highest BCUT2D eigenvalue weighted by Crippen LogP contribution is 2.19. The minimum absolute atomic E-state index is 0.0492. The van der Waals surface area contributed by atoms with Gasteiger partial charge >= 0.3 is 0 Å². The molecular formula is C8H6ClFO. The van der Waals surface area contributed by atoms with E-state index in [-0.39, 0.29) is 5.02 Å². The number of benzene rings is 1. The van der Waals surface area contributed by atoms with Crippen LogP contribution in [0.5, 0.6) is 0 Å². The van der Waals surface area contributed by atoms with Crippen molar-refractivity contribution in [3.05, 3.63) is 34.1 Å². The van der Waals surface area contributed by atoms with E-state index >= 15 is 0 Å². The van der Waals surface area contributed by atoms with Gasteiger partial charge in [0.15, 0.2) is 0 Å². The second-order valence-electron chi connectivity index (χ2n) is 2.19. The second-order valence-corrected chi connectivity index (χ2v) is 2.60. The number of carbonyl (C=O) groups excluding carboxylic acids is 1. The Labute approximate surface area is 68.8 Å². The largest absolute Gasteiger partial charge is 0.298 e. The van der Waals surface area contributed by atoms with Crippen molar-refractivity contribution >= 4 is 17.9 Å². The molecule has 0 spiro atoms. The molecule has 0 saturated heterocycles. The summed E-state index contributed by atoms with van der Waals surface area (Å²) < 4.78 is 12.9. The van der Waals surface area contributed by atoms with Crippen LogP contribution in [-0.4, -0.2) is 6.29 Å². The molecule has 0 aromatic heterocycles. The van der Waals surface area contributed by atoms with Crippen LogP contribution in [0.1, 0.15) is 15.9 Å². The van der Waals surface area contributed by atoms with Gasteiger partial charge in [-0.3, -0.25) is 4.79 Å². The van der Waals surface area contributed by atoms with Gasteiger partial charge < -0.3 is 0 Å². The Bertz CT molecular complexity index is 296. The first-order chi connectivity index (χ1) is 5.16. The predicted molar refractivity (Wildman–Crippen MR) is 41.5 cm³/mol. The Morgan fingerprint density at radius 1 is 1.55 bits per heavy atom. The molecule has 0 atom stereocenters. The van der Waals surface area contributed by atoms with Crippen molar-refractivity contribution in [3.63, 3.8) is 0 Å². The number of carbonyl (C=O) groups is 1. The molecule has 0 aliphatic rings. The minimum Gasteiger partial charge on any atom is -0.298 e. The van der Waals surface area contributed by atoms with Crippen LogP contribution in [0.4, 0.5) is 4.39 Å². The zero-order valence-corrected chi connectivity index (χ0v) is 6.65. The lowest BCUT2D eigenvalue weighted by Crippen LogP contribution is -1.91. The van der Waals surface area contributed by atoms with E-state index < -0.39 is 5.82 Å². The third-order valence-electron chi connectivity index (χ3n) is 1.51. The average molecular weight is 173 g/mol. The summed E-state index contributed by atoms with van der Waals surface area (Å²) in [5, 5.41) is 0.0492. The molecule has 0 aliphatic heterocycles. The van der Waals surface area contributed by atoms with Crippen LogP contribution in [0.2, 0.25) is 5.02 Å². The van der Waals surface area contributed by atoms with Gasteiger partial charge in [-0.1, -0.05) is 11.6 Å². The number of hydrogen-bond acceptors (Lipinski definition) is 1. The molecule has 0 amide bonds. The van der Waals surface area contributed by atoms with Gasteiger partial charge in [0.25, 0.3) is 0 Å². The average Bonchev–Trinajstić information content (AvgIpc) is 2.01. The summed E-state index contributed by atoms with van der Waals surface area (Å²) in [4.78, 5) is 10.3. The number of rotatable bonds is 1. The topological polar surface area (TPSA) is 17.1 Å². The normalized spacial score (nSPS) is 9.73. The van der Waals surface area contributed by atoms with Crippen molar-refractivity contribution in [2.45, 2.75) is 6.92 Å². The van der Waals surface area contributed by atoms with Crippen LogP contribution >= 0.6 is 11.6 Å². The standard InChI is InChI=1S/C8H6ClFO/c1-5-6(4-11)2-3-7(9)8(5)10/h2-4H,1H3. The lowest BCUT2D eigenvalue weighted by atomic mass is 10.1. The van der Waals surface area contributed by atoms with E-state index in [1.807, 2.05) is 0 Å². The van der Waals surface area contributed by atoms with Crippen molar-refractivity contribution in [3.8, 4) is 0 Å². The Hall–Kier alpha value is -0.890. The summed E-state index contributed by atoms with van der Waals surface area (Å²) >= 11 is 5.45. The summed E-state index contributed by atoms with van der Waals surface area (Å²) in [6.07, 6.45) is 0.606. The smallest absolute Gasteiger partial charge is 0.150 e. The zero-order chi connectivity index (χ0) is 8.43. The highest BCUT2D eigenvalue weighted by Gasteiger charge is 2.06. The number of aldehydes is 1. The fourth-order valence-electron chi connectivity index (χ4n) is 0.795. The Morgan fingerprint density at radius 3 is 2.73 bits per heavy atom. The van der Waals surface area contributed by atoms with E-state index in [0.717, 1.165) is 0 Å². The molecule has 1 nitrogen and oxygen atoms in total. The van der Waals surface area contributed by atoms with Crippen LogP contribution in [0.3, 0.4) is 0 Å². The number of halogens is 2. The maximum absolute atomic E-state index is 12.9. The third-order valence-corrected chi connectivity index (χ3v) is 1.80. The van der Waals surface area contributed by atoms with Crippen molar-refractivity contribution < 1.29 is 9.18 Å². The molecule has 0 unspecified atom stereocenters. The van der Waals surface area contributed by atoms with Crippen LogP contribution < -0.4 is 0 Å². The maximum Gasteiger partial charge on any atom is 0.150 e. The van der Waals surface area contributed by atoms with Crippen molar-refractivity contribution in [1.82, 2.24) is 0 Å². The molecule has 3 heteroatoms. The molecule has 1 aromatic rings. The van der Waals surface area contributed by atoms with Gasteiger partial charge in [0.1, 0.15) is 12.1 Å². The van der Waals surface area contributed by atoms with E-state index in [9.17, 15) is 9.18 Å². The lowest BCUT2D eigenvalue weighted by molar-refractivity contribution is 0.112. The zero-order valence-electron chi connectivity index (χ0n) is 5.90. The monoisotopic (exact) mass is 172 g/mol. The van der Waals surface area contributed by atoms with E-state index in [1.54, 1.807) is 0 Å². The van der Waals surface area contributed by atoms with Crippen molar-refractivity contribution in [2.24, 2.45) is 0 Å². The van der Waals surface area contributed by atoms with Gasteiger partial charge in [-0.15, -0.1) is 0 Å². The first kappa shape index (κ1) is 8.21. The van der Waals surface area contributed by atoms with Crippen LogP contribution in [0.25, 0.3) is 0 Å². The van der Waals surface area contributed by atoms with Gasteiger partial charge in [0, 0.05) is 5.56 Å². The summed E-state index contributed by atoms with van der Waals surface area (Å²) in [7, 11) is 0. The predicted octanol–water partition coefficient (Wildman–Crippen LogP) is 2.60. The van der Waals surface area contributed by atoms with Gasteiger partial charge in [-0.25, -0.2) is 4.39 Å². The molecule has 11 heavy (non-hydrogen) atoms. The van der Waals surface area contributed by atoms with Gasteiger partial charge in [-0.2, -0.15) is 0 Å². The molecule has 0 bridgehead atoms. The fraction of sp³-hybridized carbons (Fsp3) is 0.125. The van der Waals surface area contributed by atoms with Gasteiger partial charge in [0.05, 0.1) is 5.02 Å². The summed E-state index contributed by atoms with van der Waals surface area (Å²) in [5.41, 5.74) is 0.638. The van der Waals surface area contributed by atoms with Crippen molar-refractivity contribution in [2.75, 3.05) is 0 Å². The molecule has 0 fully saturated rings. The summed E-state index contributed by atoms with van der Waals surface area (Å²) in [5.74, 6) is -0.517. The van der Waals surface area contributed by atoms with Crippen LogP contribution in [-0.2, 0) is 0 Å². The Morgan fingerprint density at radius 2 is 2.18 bits per heavy atom. The maximum atomic E-state index is 12.9. The molecule has 0 N–H and O–H groups in total. The third kappa shape index (κ3) is 1.40. The Kier molecular flexibility index (Phi) is 2.25. The van der Waals surface area contributed by atoms with E-state index in [4.69, 9.17) is 11.6 Å². The minimum atomic E-state index is -0.517. The Balaban J connectivity index is 3.36. The number of hydrogen-bond donors (Lipinski definition) is 0. The fourth-order valence-corrected chi connectivity index (χ4v) is 0.999. The van der Waals surface area contributed by atoms with E-state index in [2.05, 4.69) is 0 Å². The van der Waals surface area contributed by atoms with E-state index in [1.165, 1.54) is 19.1 Å². The molecule has 0 radical (unpaired) electrons. The molecule has 1 aromatic carbocycles. The van der Waals surface area contributed by atoms with Gasteiger partial charge in [0.2, 0.25) is 0 Å². The highest BCUT2D eigenvalue weighted by molar-refractivity contribution is 6.30. The molecule has 58 valence electrons. The first-order valence-corrected chi connectivity index (χ1v) is 3.44. The van der Waals surface area contributed by atoms with Crippen molar-refractivity contribution in [1.29, 1.82) is 0 Å². The van der Waals surface area contributed by atoms with Crippen LogP contribution in [0, 0.1) is 12.7 Å². The molecule has 0 saturated carbocycles. The lowest BCUT2D eigenvalue weighted by Gasteiger charge is -2.00. The van der Waals surface area contributed by atoms with Gasteiger partial charge in [-0.05, 0) is 24.6 Å². The first-order valence-electron chi connectivity index (χ1n) is 3.06. The molecule has 0 heterocycles. The van der Waals surface area contributed by atoms with Crippen LogP contribution in [0.15, 0.2) is 12.1 Å². The molecule has 1 rings (SSSR count). The quantitative estimate of drug-likeness (QED) is 0.595.